The fraction of sp³-hybridized carbons (Fsp3) is 0.333. The Balaban J connectivity index is 1.84. The molecule has 1 heterocycles. The monoisotopic (exact) mass is 291 g/mol. The molecule has 0 aliphatic heterocycles. The zero-order valence-corrected chi connectivity index (χ0v) is 12.4. The van der Waals surface area contributed by atoms with Gasteiger partial charge in [0.1, 0.15) is 0 Å². The van der Waals surface area contributed by atoms with Gasteiger partial charge < -0.3 is 5.32 Å². The molecule has 0 spiro atoms. The maximum atomic E-state index is 12.0. The first-order valence-electron chi connectivity index (χ1n) is 6.61. The van der Waals surface area contributed by atoms with Gasteiger partial charge in [0.15, 0.2) is 0 Å². The highest BCUT2D eigenvalue weighted by molar-refractivity contribution is 6.34. The van der Waals surface area contributed by atoms with Crippen molar-refractivity contribution >= 4 is 17.5 Å². The van der Waals surface area contributed by atoms with Crippen molar-refractivity contribution in [3.8, 4) is 0 Å². The fourth-order valence-electron chi connectivity index (χ4n) is 2.03. The molecule has 1 aromatic carbocycles. The number of rotatable bonds is 5. The smallest absolute Gasteiger partial charge is 0.252 e. The molecular formula is C15H18ClN3O. The standard InChI is InChI=1S/C15H18ClN3O/c1-10-5-3-7-13(14(10)16)15(20)17-8-4-6-12-9-18-19-11(12)2/h3,5,7,9H,4,6,8H2,1-2H3,(H,17,20)(H,18,19). The Bertz CT molecular complexity index is 607. The third kappa shape index (κ3) is 3.39. The predicted octanol–water partition coefficient (Wildman–Crippen LogP) is 3.04. The lowest BCUT2D eigenvalue weighted by molar-refractivity contribution is 0.0953. The van der Waals surface area contributed by atoms with Crippen LogP contribution in [0, 0.1) is 13.8 Å². The van der Waals surface area contributed by atoms with Crippen LogP contribution in [0.1, 0.15) is 33.6 Å². The van der Waals surface area contributed by atoms with Gasteiger partial charge in [-0.1, -0.05) is 23.7 Å². The molecule has 1 aromatic heterocycles. The Kier molecular flexibility index (Phi) is 4.79. The number of hydrogen-bond donors (Lipinski definition) is 2. The normalized spacial score (nSPS) is 10.6. The molecule has 0 aliphatic carbocycles. The van der Waals surface area contributed by atoms with Gasteiger partial charge in [-0.15, -0.1) is 0 Å². The summed E-state index contributed by atoms with van der Waals surface area (Å²) in [6, 6.07) is 5.47. The zero-order chi connectivity index (χ0) is 14.5. The molecule has 106 valence electrons. The van der Waals surface area contributed by atoms with Crippen LogP contribution >= 0.6 is 11.6 Å². The topological polar surface area (TPSA) is 57.8 Å². The maximum Gasteiger partial charge on any atom is 0.252 e. The van der Waals surface area contributed by atoms with Crippen molar-refractivity contribution in [2.75, 3.05) is 6.54 Å². The van der Waals surface area contributed by atoms with E-state index in [1.54, 1.807) is 6.07 Å². The van der Waals surface area contributed by atoms with Gasteiger partial charge in [-0.05, 0) is 43.9 Å². The van der Waals surface area contributed by atoms with E-state index in [1.807, 2.05) is 32.2 Å². The molecule has 4 nitrogen and oxygen atoms in total. The highest BCUT2D eigenvalue weighted by atomic mass is 35.5. The van der Waals surface area contributed by atoms with Crippen molar-refractivity contribution < 1.29 is 4.79 Å². The van der Waals surface area contributed by atoms with Crippen molar-refractivity contribution in [3.63, 3.8) is 0 Å². The first-order valence-corrected chi connectivity index (χ1v) is 6.99. The molecule has 0 fully saturated rings. The van der Waals surface area contributed by atoms with E-state index in [2.05, 4.69) is 15.5 Å². The third-order valence-corrected chi connectivity index (χ3v) is 3.78. The molecule has 1 amide bonds. The number of amides is 1. The third-order valence-electron chi connectivity index (χ3n) is 3.28. The molecule has 0 unspecified atom stereocenters. The SMILES string of the molecule is Cc1cccc(C(=O)NCCCc2cn[nH]c2C)c1Cl. The molecule has 0 saturated heterocycles. The summed E-state index contributed by atoms with van der Waals surface area (Å²) in [4.78, 5) is 12.0. The first-order chi connectivity index (χ1) is 9.59. The van der Waals surface area contributed by atoms with E-state index >= 15 is 0 Å². The summed E-state index contributed by atoms with van der Waals surface area (Å²) in [5.41, 5.74) is 3.71. The predicted molar refractivity (Wildman–Crippen MR) is 80.2 cm³/mol. The summed E-state index contributed by atoms with van der Waals surface area (Å²) in [5.74, 6) is -0.123. The van der Waals surface area contributed by atoms with Gasteiger partial charge >= 0.3 is 0 Å². The molecule has 20 heavy (non-hydrogen) atoms. The minimum atomic E-state index is -0.123. The summed E-state index contributed by atoms with van der Waals surface area (Å²) in [6.07, 6.45) is 3.59. The molecule has 0 bridgehead atoms. The number of hydrogen-bond acceptors (Lipinski definition) is 2. The lowest BCUT2D eigenvalue weighted by Gasteiger charge is -2.08. The van der Waals surface area contributed by atoms with Gasteiger partial charge in [-0.3, -0.25) is 9.89 Å². The number of H-pyrrole nitrogens is 1. The minimum absolute atomic E-state index is 0.123. The summed E-state index contributed by atoms with van der Waals surface area (Å²) >= 11 is 6.13. The van der Waals surface area contributed by atoms with E-state index in [0.29, 0.717) is 17.1 Å². The molecule has 2 rings (SSSR count). The van der Waals surface area contributed by atoms with Gasteiger partial charge in [0.25, 0.3) is 5.91 Å². The van der Waals surface area contributed by atoms with Gasteiger partial charge in [-0.25, -0.2) is 0 Å². The number of aromatic amines is 1. The van der Waals surface area contributed by atoms with Crippen LogP contribution in [0.3, 0.4) is 0 Å². The van der Waals surface area contributed by atoms with E-state index in [-0.39, 0.29) is 5.91 Å². The molecule has 2 aromatic rings. The molecule has 0 saturated carbocycles. The van der Waals surface area contributed by atoms with Gasteiger partial charge in [0.05, 0.1) is 16.8 Å². The molecule has 0 radical (unpaired) electrons. The summed E-state index contributed by atoms with van der Waals surface area (Å²) in [7, 11) is 0. The Morgan fingerprint density at radius 1 is 1.40 bits per heavy atom. The van der Waals surface area contributed by atoms with Crippen molar-refractivity contribution in [2.45, 2.75) is 26.7 Å². The largest absolute Gasteiger partial charge is 0.352 e. The van der Waals surface area contributed by atoms with Crippen LogP contribution in [0.15, 0.2) is 24.4 Å². The number of benzene rings is 1. The van der Waals surface area contributed by atoms with Crippen LogP contribution in [0.2, 0.25) is 5.02 Å². The highest BCUT2D eigenvalue weighted by Crippen LogP contribution is 2.19. The molecular weight excluding hydrogens is 274 g/mol. The average Bonchev–Trinajstić information content (AvgIpc) is 2.83. The lowest BCUT2D eigenvalue weighted by atomic mass is 10.1. The summed E-state index contributed by atoms with van der Waals surface area (Å²) in [5, 5.41) is 10.3. The van der Waals surface area contributed by atoms with Crippen molar-refractivity contribution in [3.05, 3.63) is 51.8 Å². The molecule has 0 atom stereocenters. The van der Waals surface area contributed by atoms with Gasteiger partial charge in [0, 0.05) is 12.2 Å². The van der Waals surface area contributed by atoms with E-state index in [9.17, 15) is 4.79 Å². The molecule has 5 heteroatoms. The Hall–Kier alpha value is -1.81. The van der Waals surface area contributed by atoms with E-state index in [4.69, 9.17) is 11.6 Å². The zero-order valence-electron chi connectivity index (χ0n) is 11.7. The van der Waals surface area contributed by atoms with E-state index in [0.717, 1.165) is 24.1 Å². The second-order valence-electron chi connectivity index (χ2n) is 4.82. The number of carbonyl (C=O) groups excluding carboxylic acids is 1. The second-order valence-corrected chi connectivity index (χ2v) is 5.19. The number of halogens is 1. The van der Waals surface area contributed by atoms with Crippen LogP contribution in [0.5, 0.6) is 0 Å². The first kappa shape index (κ1) is 14.6. The number of aryl methyl sites for hydroxylation is 3. The molecule has 2 N–H and O–H groups in total. The van der Waals surface area contributed by atoms with Gasteiger partial charge in [-0.2, -0.15) is 5.10 Å². The van der Waals surface area contributed by atoms with Crippen molar-refractivity contribution in [1.82, 2.24) is 15.5 Å². The van der Waals surface area contributed by atoms with Crippen LogP contribution < -0.4 is 5.32 Å². The van der Waals surface area contributed by atoms with Crippen LogP contribution in [0.4, 0.5) is 0 Å². The maximum absolute atomic E-state index is 12.0. The van der Waals surface area contributed by atoms with Gasteiger partial charge in [0.2, 0.25) is 0 Å². The number of nitrogens with zero attached hydrogens (tertiary/aromatic N) is 1. The minimum Gasteiger partial charge on any atom is -0.352 e. The molecule has 0 aliphatic rings. The summed E-state index contributed by atoms with van der Waals surface area (Å²) < 4.78 is 0. The average molecular weight is 292 g/mol. The van der Waals surface area contributed by atoms with E-state index < -0.39 is 0 Å². The van der Waals surface area contributed by atoms with Crippen molar-refractivity contribution in [1.29, 1.82) is 0 Å². The Morgan fingerprint density at radius 2 is 2.20 bits per heavy atom. The van der Waals surface area contributed by atoms with Crippen LogP contribution in [0.25, 0.3) is 0 Å². The van der Waals surface area contributed by atoms with E-state index in [1.165, 1.54) is 5.56 Å². The lowest BCUT2D eigenvalue weighted by Crippen LogP contribution is -2.25. The van der Waals surface area contributed by atoms with Crippen molar-refractivity contribution in [2.24, 2.45) is 0 Å². The fourth-order valence-corrected chi connectivity index (χ4v) is 2.24. The quantitative estimate of drug-likeness (QED) is 0.832. The summed E-state index contributed by atoms with van der Waals surface area (Å²) in [6.45, 7) is 4.50. The van der Waals surface area contributed by atoms with Crippen LogP contribution in [-0.4, -0.2) is 22.6 Å². The Labute approximate surface area is 123 Å². The number of carbonyl (C=O) groups is 1. The van der Waals surface area contributed by atoms with Crippen LogP contribution in [-0.2, 0) is 6.42 Å². The number of nitrogens with one attached hydrogen (secondary N) is 2. The second kappa shape index (κ2) is 6.57. The number of aromatic nitrogens is 2. The Morgan fingerprint density at radius 3 is 2.90 bits per heavy atom. The highest BCUT2D eigenvalue weighted by Gasteiger charge is 2.10.